The van der Waals surface area contributed by atoms with Crippen molar-refractivity contribution in [2.45, 2.75) is 26.4 Å². The van der Waals surface area contributed by atoms with Crippen LogP contribution in [0.3, 0.4) is 0 Å². The molecule has 0 aliphatic heterocycles. The molecule has 0 bridgehead atoms. The summed E-state index contributed by atoms with van der Waals surface area (Å²) < 4.78 is 39.9. The number of halogens is 3. The van der Waals surface area contributed by atoms with E-state index in [0.717, 1.165) is 6.20 Å². The fourth-order valence-corrected chi connectivity index (χ4v) is 1.30. The van der Waals surface area contributed by atoms with Gasteiger partial charge in [-0.3, -0.25) is 4.98 Å². The lowest BCUT2D eigenvalue weighted by atomic mass is 10.1. The fraction of sp³-hybridized carbons (Fsp3) is 0.444. The van der Waals surface area contributed by atoms with Crippen LogP contribution in [0, 0.1) is 6.92 Å². The molecule has 90 valence electrons. The van der Waals surface area contributed by atoms with Crippen molar-refractivity contribution in [3.05, 3.63) is 23.0 Å². The number of pyridine rings is 1. The summed E-state index contributed by atoms with van der Waals surface area (Å²) in [6.45, 7) is 1.06. The highest BCUT2D eigenvalue weighted by Gasteiger charge is 2.32. The molecule has 0 saturated carbocycles. The van der Waals surface area contributed by atoms with Crippen LogP contribution in [-0.2, 0) is 13.2 Å². The van der Waals surface area contributed by atoms with Crippen molar-refractivity contribution in [3.8, 4) is 5.75 Å². The van der Waals surface area contributed by atoms with Crippen LogP contribution in [0.2, 0.25) is 0 Å². The topological polar surface area (TPSA) is 68.4 Å². The molecule has 0 radical (unpaired) electrons. The number of nitrogens with two attached hydrogens (primary N) is 1. The average Bonchev–Trinajstić information content (AvgIpc) is 2.16. The molecule has 0 unspecified atom stereocenters. The van der Waals surface area contributed by atoms with Crippen LogP contribution in [0.1, 0.15) is 16.8 Å². The Morgan fingerprint density at radius 2 is 2.12 bits per heavy atom. The first kappa shape index (κ1) is 12.7. The number of aromatic nitrogens is 1. The van der Waals surface area contributed by atoms with Gasteiger partial charge in [0.25, 0.3) is 0 Å². The van der Waals surface area contributed by atoms with Gasteiger partial charge in [0.05, 0.1) is 18.5 Å². The van der Waals surface area contributed by atoms with Gasteiger partial charge in [-0.05, 0) is 12.5 Å². The smallest absolute Gasteiger partial charge is 0.404 e. The van der Waals surface area contributed by atoms with Gasteiger partial charge in [0.1, 0.15) is 0 Å². The third-order valence-corrected chi connectivity index (χ3v) is 2.10. The third-order valence-electron chi connectivity index (χ3n) is 2.10. The van der Waals surface area contributed by atoms with Gasteiger partial charge in [-0.15, -0.1) is 13.2 Å². The number of rotatable bonds is 3. The van der Waals surface area contributed by atoms with Crippen LogP contribution in [0.15, 0.2) is 6.20 Å². The fourth-order valence-electron chi connectivity index (χ4n) is 1.30. The number of nitrogens with zero attached hydrogens (tertiary/aromatic N) is 1. The highest BCUT2D eigenvalue weighted by Crippen LogP contribution is 2.28. The largest absolute Gasteiger partial charge is 0.573 e. The maximum absolute atomic E-state index is 12.0. The van der Waals surface area contributed by atoms with E-state index in [-0.39, 0.29) is 24.4 Å². The van der Waals surface area contributed by atoms with Crippen molar-refractivity contribution in [1.82, 2.24) is 4.98 Å². The zero-order valence-corrected chi connectivity index (χ0v) is 8.51. The van der Waals surface area contributed by atoms with Crippen molar-refractivity contribution < 1.29 is 23.0 Å². The molecule has 16 heavy (non-hydrogen) atoms. The lowest BCUT2D eigenvalue weighted by Gasteiger charge is -2.15. The summed E-state index contributed by atoms with van der Waals surface area (Å²) in [5.74, 6) is -0.426. The summed E-state index contributed by atoms with van der Waals surface area (Å²) in [4.78, 5) is 3.66. The number of aliphatic hydroxyl groups is 1. The predicted molar refractivity (Wildman–Crippen MR) is 49.5 cm³/mol. The van der Waals surface area contributed by atoms with E-state index >= 15 is 0 Å². The van der Waals surface area contributed by atoms with Gasteiger partial charge in [-0.2, -0.15) is 0 Å². The van der Waals surface area contributed by atoms with E-state index in [9.17, 15) is 13.2 Å². The number of aliphatic hydroxyl groups excluding tert-OH is 1. The lowest BCUT2D eigenvalue weighted by molar-refractivity contribution is -0.275. The van der Waals surface area contributed by atoms with Crippen LogP contribution in [0.25, 0.3) is 0 Å². The van der Waals surface area contributed by atoms with Crippen LogP contribution >= 0.6 is 0 Å². The van der Waals surface area contributed by atoms with Gasteiger partial charge < -0.3 is 15.6 Å². The molecule has 0 aliphatic carbocycles. The van der Waals surface area contributed by atoms with Crippen molar-refractivity contribution in [2.24, 2.45) is 5.73 Å². The minimum absolute atomic E-state index is 0.118. The Kier molecular flexibility index (Phi) is 3.71. The second kappa shape index (κ2) is 4.67. The second-order valence-electron chi connectivity index (χ2n) is 3.08. The van der Waals surface area contributed by atoms with E-state index in [1.54, 1.807) is 0 Å². The standard InChI is InChI=1S/C9H11F3N2O2/c1-5-6(2-13)8(16-9(10,11)12)3-14-7(5)4-15/h3,15H,2,4,13H2,1H3. The van der Waals surface area contributed by atoms with Crippen LogP contribution in [0.4, 0.5) is 13.2 Å². The first-order valence-corrected chi connectivity index (χ1v) is 4.43. The van der Waals surface area contributed by atoms with Gasteiger partial charge in [0.15, 0.2) is 5.75 Å². The molecule has 0 saturated heterocycles. The van der Waals surface area contributed by atoms with Crippen molar-refractivity contribution in [2.75, 3.05) is 0 Å². The number of ether oxygens (including phenoxy) is 1. The molecule has 0 aliphatic rings. The Balaban J connectivity index is 3.16. The van der Waals surface area contributed by atoms with Gasteiger partial charge in [-0.25, -0.2) is 0 Å². The zero-order chi connectivity index (χ0) is 12.3. The molecule has 1 heterocycles. The normalized spacial score (nSPS) is 11.6. The summed E-state index contributed by atoms with van der Waals surface area (Å²) in [5, 5.41) is 8.90. The molecule has 0 atom stereocenters. The van der Waals surface area contributed by atoms with Gasteiger partial charge in [-0.1, -0.05) is 0 Å². The maximum Gasteiger partial charge on any atom is 0.573 e. The van der Waals surface area contributed by atoms with E-state index in [1.165, 1.54) is 6.92 Å². The van der Waals surface area contributed by atoms with Crippen LogP contribution < -0.4 is 10.5 Å². The Morgan fingerprint density at radius 1 is 1.50 bits per heavy atom. The SMILES string of the molecule is Cc1c(CO)ncc(OC(F)(F)F)c1CN. The molecule has 0 amide bonds. The highest BCUT2D eigenvalue weighted by molar-refractivity contribution is 5.40. The summed E-state index contributed by atoms with van der Waals surface area (Å²) in [5.41, 5.74) is 6.22. The summed E-state index contributed by atoms with van der Waals surface area (Å²) in [7, 11) is 0. The molecule has 0 fully saturated rings. The second-order valence-corrected chi connectivity index (χ2v) is 3.08. The molecule has 0 spiro atoms. The molecule has 3 N–H and O–H groups in total. The lowest BCUT2D eigenvalue weighted by Crippen LogP contribution is -2.20. The Bertz CT molecular complexity index is 380. The Morgan fingerprint density at radius 3 is 2.56 bits per heavy atom. The molecule has 1 rings (SSSR count). The zero-order valence-electron chi connectivity index (χ0n) is 8.51. The van der Waals surface area contributed by atoms with Crippen LogP contribution in [0.5, 0.6) is 5.75 Å². The minimum atomic E-state index is -4.78. The number of hydrogen-bond donors (Lipinski definition) is 2. The molecule has 4 nitrogen and oxygen atoms in total. The van der Waals surface area contributed by atoms with E-state index in [2.05, 4.69) is 9.72 Å². The van der Waals surface area contributed by atoms with E-state index in [0.29, 0.717) is 5.56 Å². The summed E-state index contributed by atoms with van der Waals surface area (Å²) in [6.07, 6.45) is -3.87. The quantitative estimate of drug-likeness (QED) is 0.828. The van der Waals surface area contributed by atoms with E-state index in [4.69, 9.17) is 10.8 Å². The first-order valence-electron chi connectivity index (χ1n) is 4.43. The van der Waals surface area contributed by atoms with Crippen molar-refractivity contribution in [1.29, 1.82) is 0 Å². The van der Waals surface area contributed by atoms with E-state index < -0.39 is 12.1 Å². The van der Waals surface area contributed by atoms with Crippen molar-refractivity contribution in [3.63, 3.8) is 0 Å². The van der Waals surface area contributed by atoms with Gasteiger partial charge in [0, 0.05) is 12.1 Å². The Labute approximate surface area is 89.9 Å². The number of alkyl halides is 3. The molecule has 7 heteroatoms. The van der Waals surface area contributed by atoms with E-state index in [1.807, 2.05) is 0 Å². The Hall–Kier alpha value is -1.34. The molecule has 1 aromatic heterocycles. The monoisotopic (exact) mass is 236 g/mol. The number of hydrogen-bond acceptors (Lipinski definition) is 4. The molecular formula is C9H11F3N2O2. The maximum atomic E-state index is 12.0. The highest BCUT2D eigenvalue weighted by atomic mass is 19.4. The van der Waals surface area contributed by atoms with Gasteiger partial charge >= 0.3 is 6.36 Å². The average molecular weight is 236 g/mol. The molecular weight excluding hydrogens is 225 g/mol. The summed E-state index contributed by atoms with van der Waals surface area (Å²) in [6, 6.07) is 0. The first-order chi connectivity index (χ1) is 7.39. The molecule has 1 aromatic rings. The van der Waals surface area contributed by atoms with Gasteiger partial charge in [0.2, 0.25) is 0 Å². The van der Waals surface area contributed by atoms with Crippen molar-refractivity contribution >= 4 is 0 Å². The predicted octanol–water partition coefficient (Wildman–Crippen LogP) is 1.24. The third kappa shape index (κ3) is 2.83. The van der Waals surface area contributed by atoms with Crippen LogP contribution in [-0.4, -0.2) is 16.5 Å². The summed E-state index contributed by atoms with van der Waals surface area (Å²) >= 11 is 0. The molecule has 0 aromatic carbocycles. The minimum Gasteiger partial charge on any atom is -0.404 e.